The Morgan fingerprint density at radius 1 is 1.32 bits per heavy atom. The fraction of sp³-hybridized carbons (Fsp3) is 0.312. The number of hydrogen-bond acceptors (Lipinski definition) is 5. The molecule has 9 heteroatoms. The van der Waals surface area contributed by atoms with Gasteiger partial charge < -0.3 is 10.4 Å². The number of carboxylic acid groups (broad SMARTS) is 1. The van der Waals surface area contributed by atoms with Crippen molar-refractivity contribution in [2.24, 2.45) is 0 Å². The lowest BCUT2D eigenvalue weighted by molar-refractivity contribution is -0.116. The number of nitrogens with zero attached hydrogens (tertiary/aromatic N) is 2. The van der Waals surface area contributed by atoms with Gasteiger partial charge >= 0.3 is 5.97 Å². The molecule has 1 aromatic carbocycles. The van der Waals surface area contributed by atoms with Crippen molar-refractivity contribution >= 4 is 27.4 Å². The Morgan fingerprint density at radius 3 is 2.64 bits per heavy atom. The van der Waals surface area contributed by atoms with Gasteiger partial charge in [0.25, 0.3) is 0 Å². The third-order valence-corrected chi connectivity index (χ3v) is 4.56. The zero-order valence-corrected chi connectivity index (χ0v) is 14.7. The predicted octanol–water partition coefficient (Wildman–Crippen LogP) is 1.64. The fourth-order valence-corrected chi connectivity index (χ4v) is 2.98. The molecule has 2 rings (SSSR count). The fourth-order valence-electron chi connectivity index (χ4n) is 2.31. The summed E-state index contributed by atoms with van der Waals surface area (Å²) in [6, 6.07) is 6.81. The number of benzene rings is 1. The summed E-state index contributed by atoms with van der Waals surface area (Å²) in [6.07, 6.45) is 2.76. The van der Waals surface area contributed by atoms with E-state index in [-0.39, 0.29) is 30.1 Å². The van der Waals surface area contributed by atoms with Gasteiger partial charge in [0, 0.05) is 18.4 Å². The van der Waals surface area contributed by atoms with E-state index in [0.717, 1.165) is 6.26 Å². The molecule has 2 aromatic rings. The molecular weight excluding hydrogens is 346 g/mol. The van der Waals surface area contributed by atoms with Crippen LogP contribution < -0.4 is 5.32 Å². The maximum Gasteiger partial charge on any atom is 0.339 e. The van der Waals surface area contributed by atoms with Crippen LogP contribution in [0.4, 0.5) is 5.69 Å². The maximum atomic E-state index is 11.9. The van der Waals surface area contributed by atoms with Gasteiger partial charge in [-0.2, -0.15) is 5.10 Å². The number of nitrogens with one attached hydrogen (secondary N) is 1. The number of hydrogen-bond donors (Lipinski definition) is 2. The van der Waals surface area contributed by atoms with E-state index in [1.807, 2.05) is 0 Å². The average Bonchev–Trinajstić information content (AvgIpc) is 2.88. The SMILES string of the molecule is Cc1c(C(=O)O)cnn1-c1cccc(NC(=O)CCCS(C)(=O)=O)c1. The van der Waals surface area contributed by atoms with E-state index in [4.69, 9.17) is 5.11 Å². The van der Waals surface area contributed by atoms with Crippen molar-refractivity contribution in [2.45, 2.75) is 19.8 Å². The Bertz CT molecular complexity index is 902. The van der Waals surface area contributed by atoms with Gasteiger partial charge in [0.15, 0.2) is 0 Å². The van der Waals surface area contributed by atoms with Crippen LogP contribution in [0.5, 0.6) is 0 Å². The van der Waals surface area contributed by atoms with E-state index in [2.05, 4.69) is 10.4 Å². The minimum atomic E-state index is -3.08. The highest BCUT2D eigenvalue weighted by Gasteiger charge is 2.14. The van der Waals surface area contributed by atoms with Crippen LogP contribution in [0.2, 0.25) is 0 Å². The predicted molar refractivity (Wildman–Crippen MR) is 92.8 cm³/mol. The molecule has 0 aliphatic heterocycles. The van der Waals surface area contributed by atoms with Gasteiger partial charge in [-0.15, -0.1) is 0 Å². The van der Waals surface area contributed by atoms with Gasteiger partial charge in [0.1, 0.15) is 15.4 Å². The summed E-state index contributed by atoms with van der Waals surface area (Å²) in [4.78, 5) is 23.0. The molecule has 1 aromatic heterocycles. The Morgan fingerprint density at radius 2 is 2.04 bits per heavy atom. The van der Waals surface area contributed by atoms with Crippen LogP contribution in [0.15, 0.2) is 30.5 Å². The number of aromatic carboxylic acids is 1. The lowest BCUT2D eigenvalue weighted by Gasteiger charge is -2.09. The summed E-state index contributed by atoms with van der Waals surface area (Å²) in [5.74, 6) is -1.38. The van der Waals surface area contributed by atoms with Crippen LogP contribution in [0.25, 0.3) is 5.69 Å². The first-order valence-electron chi connectivity index (χ1n) is 7.53. The third kappa shape index (κ3) is 5.15. The molecule has 2 N–H and O–H groups in total. The molecular formula is C16H19N3O5S. The normalized spacial score (nSPS) is 11.3. The monoisotopic (exact) mass is 365 g/mol. The zero-order valence-electron chi connectivity index (χ0n) is 13.9. The highest BCUT2D eigenvalue weighted by molar-refractivity contribution is 7.90. The third-order valence-electron chi connectivity index (χ3n) is 3.53. The summed E-state index contributed by atoms with van der Waals surface area (Å²) >= 11 is 0. The number of carboxylic acids is 1. The van der Waals surface area contributed by atoms with Crippen molar-refractivity contribution in [1.29, 1.82) is 0 Å². The summed E-state index contributed by atoms with van der Waals surface area (Å²) < 4.78 is 23.6. The molecule has 0 bridgehead atoms. The number of sulfone groups is 1. The molecule has 1 amide bonds. The lowest BCUT2D eigenvalue weighted by Crippen LogP contribution is -2.14. The van der Waals surface area contributed by atoms with Gasteiger partial charge in [0.05, 0.1) is 23.3 Å². The Kier molecular flexibility index (Phi) is 5.58. The Hall–Kier alpha value is -2.68. The quantitative estimate of drug-likeness (QED) is 0.770. The summed E-state index contributed by atoms with van der Waals surface area (Å²) in [5.41, 5.74) is 1.71. The minimum Gasteiger partial charge on any atom is -0.478 e. The highest BCUT2D eigenvalue weighted by Crippen LogP contribution is 2.18. The van der Waals surface area contributed by atoms with Crippen molar-refractivity contribution in [1.82, 2.24) is 9.78 Å². The van der Waals surface area contributed by atoms with Crippen LogP contribution in [0, 0.1) is 6.92 Å². The van der Waals surface area contributed by atoms with Crippen molar-refractivity contribution < 1.29 is 23.1 Å². The van der Waals surface area contributed by atoms with Crippen LogP contribution in [-0.2, 0) is 14.6 Å². The Balaban J connectivity index is 2.09. The molecule has 0 atom stereocenters. The number of carbonyl (C=O) groups excluding carboxylic acids is 1. The largest absolute Gasteiger partial charge is 0.478 e. The number of rotatable bonds is 7. The molecule has 0 aliphatic carbocycles. The second-order valence-electron chi connectivity index (χ2n) is 5.69. The molecule has 0 saturated heterocycles. The van der Waals surface area contributed by atoms with Crippen LogP contribution in [0.1, 0.15) is 28.9 Å². The van der Waals surface area contributed by atoms with E-state index in [0.29, 0.717) is 17.1 Å². The number of anilines is 1. The highest BCUT2D eigenvalue weighted by atomic mass is 32.2. The first-order chi connectivity index (χ1) is 11.7. The van der Waals surface area contributed by atoms with Crippen LogP contribution in [-0.4, -0.2) is 47.2 Å². The molecule has 0 radical (unpaired) electrons. The van der Waals surface area contributed by atoms with E-state index >= 15 is 0 Å². The van der Waals surface area contributed by atoms with E-state index in [9.17, 15) is 18.0 Å². The second kappa shape index (κ2) is 7.47. The molecule has 25 heavy (non-hydrogen) atoms. The zero-order chi connectivity index (χ0) is 18.6. The van der Waals surface area contributed by atoms with Crippen LogP contribution >= 0.6 is 0 Å². The standard InChI is InChI=1S/C16H19N3O5S/c1-11-14(16(21)22)10-17-19(11)13-6-3-5-12(9-13)18-15(20)7-4-8-25(2,23)24/h3,5-6,9-10H,4,7-8H2,1-2H3,(H,18,20)(H,21,22). The topological polar surface area (TPSA) is 118 Å². The maximum absolute atomic E-state index is 11.9. The van der Waals surface area contributed by atoms with Gasteiger partial charge in [0.2, 0.25) is 5.91 Å². The number of aromatic nitrogens is 2. The molecule has 1 heterocycles. The van der Waals surface area contributed by atoms with E-state index in [1.165, 1.54) is 10.9 Å². The molecule has 0 unspecified atom stereocenters. The van der Waals surface area contributed by atoms with Crippen molar-refractivity contribution in [2.75, 3.05) is 17.3 Å². The molecule has 0 aliphatic rings. The van der Waals surface area contributed by atoms with Gasteiger partial charge in [-0.05, 0) is 31.5 Å². The number of carbonyl (C=O) groups is 2. The summed E-state index contributed by atoms with van der Waals surface area (Å²) in [5, 5.41) is 15.8. The van der Waals surface area contributed by atoms with Crippen molar-refractivity contribution in [3.8, 4) is 5.69 Å². The lowest BCUT2D eigenvalue weighted by atomic mass is 10.2. The van der Waals surface area contributed by atoms with Gasteiger partial charge in [-0.3, -0.25) is 4.79 Å². The molecule has 0 spiro atoms. The van der Waals surface area contributed by atoms with Gasteiger partial charge in [-0.25, -0.2) is 17.9 Å². The summed E-state index contributed by atoms with van der Waals surface area (Å²) in [7, 11) is -3.08. The van der Waals surface area contributed by atoms with Crippen molar-refractivity contribution in [3.63, 3.8) is 0 Å². The smallest absolute Gasteiger partial charge is 0.339 e. The molecule has 0 fully saturated rings. The number of amides is 1. The van der Waals surface area contributed by atoms with E-state index < -0.39 is 15.8 Å². The minimum absolute atomic E-state index is 0.0368. The molecule has 134 valence electrons. The van der Waals surface area contributed by atoms with E-state index in [1.54, 1.807) is 31.2 Å². The average molecular weight is 365 g/mol. The second-order valence-corrected chi connectivity index (χ2v) is 7.95. The molecule has 0 saturated carbocycles. The van der Waals surface area contributed by atoms with Crippen molar-refractivity contribution in [3.05, 3.63) is 41.7 Å². The first kappa shape index (κ1) is 18.7. The summed E-state index contributed by atoms with van der Waals surface area (Å²) in [6.45, 7) is 1.65. The molecule has 8 nitrogen and oxygen atoms in total. The van der Waals surface area contributed by atoms with Gasteiger partial charge in [-0.1, -0.05) is 6.07 Å². The first-order valence-corrected chi connectivity index (χ1v) is 9.59. The van der Waals surface area contributed by atoms with Crippen LogP contribution in [0.3, 0.4) is 0 Å². The Labute approximate surface area is 145 Å².